The Morgan fingerprint density at radius 2 is 2.11 bits per heavy atom. The molecule has 1 aliphatic heterocycles. The second kappa shape index (κ2) is 10.1. The summed E-state index contributed by atoms with van der Waals surface area (Å²) in [4.78, 5) is 22.4. The van der Waals surface area contributed by atoms with E-state index in [9.17, 15) is 9.59 Å². The molecule has 0 radical (unpaired) electrons. The zero-order chi connectivity index (χ0) is 12.5. The van der Waals surface area contributed by atoms with E-state index in [1.807, 2.05) is 0 Å². The van der Waals surface area contributed by atoms with Crippen LogP contribution in [0.15, 0.2) is 0 Å². The first-order valence-corrected chi connectivity index (χ1v) is 6.29. The molecular formula is C12H23ClN2O3. The molecule has 1 heterocycles. The van der Waals surface area contributed by atoms with Crippen molar-refractivity contribution in [2.24, 2.45) is 5.92 Å². The number of amides is 1. The molecule has 6 heteroatoms. The summed E-state index contributed by atoms with van der Waals surface area (Å²) >= 11 is 0. The summed E-state index contributed by atoms with van der Waals surface area (Å²) in [6.45, 7) is 2.45. The molecule has 0 spiro atoms. The highest BCUT2D eigenvalue weighted by Crippen LogP contribution is 2.07. The highest BCUT2D eigenvalue weighted by molar-refractivity contribution is 5.85. The van der Waals surface area contributed by atoms with E-state index in [1.165, 1.54) is 7.11 Å². The molecule has 2 N–H and O–H groups in total. The van der Waals surface area contributed by atoms with Crippen molar-refractivity contribution in [3.8, 4) is 0 Å². The Kier molecular flexibility index (Phi) is 9.69. The van der Waals surface area contributed by atoms with E-state index in [2.05, 4.69) is 15.4 Å². The van der Waals surface area contributed by atoms with Gasteiger partial charge in [0.2, 0.25) is 5.91 Å². The maximum Gasteiger partial charge on any atom is 0.305 e. The standard InChI is InChI=1S/C12H22N2O3.ClH/c1-17-11(15)5-3-2-4-7-14-12(16)10-6-8-13-9-10;/h10,13H,2-9H2,1H3,(H,14,16);1H. The maximum atomic E-state index is 11.6. The number of rotatable bonds is 7. The smallest absolute Gasteiger partial charge is 0.305 e. The van der Waals surface area contributed by atoms with E-state index in [0.29, 0.717) is 13.0 Å². The van der Waals surface area contributed by atoms with E-state index in [4.69, 9.17) is 0 Å². The number of carbonyl (C=O) groups excluding carboxylic acids is 2. The molecule has 106 valence electrons. The van der Waals surface area contributed by atoms with Crippen LogP contribution in [0, 0.1) is 5.92 Å². The molecule has 1 aliphatic rings. The van der Waals surface area contributed by atoms with Crippen molar-refractivity contribution in [1.82, 2.24) is 10.6 Å². The molecular weight excluding hydrogens is 256 g/mol. The Labute approximate surface area is 114 Å². The van der Waals surface area contributed by atoms with Gasteiger partial charge in [-0.15, -0.1) is 12.4 Å². The van der Waals surface area contributed by atoms with Crippen molar-refractivity contribution in [3.63, 3.8) is 0 Å². The topological polar surface area (TPSA) is 67.4 Å². The van der Waals surface area contributed by atoms with Gasteiger partial charge in [-0.1, -0.05) is 6.42 Å². The highest BCUT2D eigenvalue weighted by Gasteiger charge is 2.21. The summed E-state index contributed by atoms with van der Waals surface area (Å²) < 4.78 is 4.55. The van der Waals surface area contributed by atoms with Gasteiger partial charge in [0.15, 0.2) is 0 Å². The summed E-state index contributed by atoms with van der Waals surface area (Å²) in [5, 5.41) is 6.10. The zero-order valence-corrected chi connectivity index (χ0v) is 11.7. The van der Waals surface area contributed by atoms with Crippen LogP contribution in [0.2, 0.25) is 0 Å². The number of ether oxygens (including phenoxy) is 1. The molecule has 0 aromatic heterocycles. The molecule has 0 saturated carbocycles. The number of unbranched alkanes of at least 4 members (excludes halogenated alkanes) is 2. The quantitative estimate of drug-likeness (QED) is 0.536. The SMILES string of the molecule is COC(=O)CCCCCNC(=O)C1CCNC1.Cl. The molecule has 5 nitrogen and oxygen atoms in total. The number of nitrogens with one attached hydrogen (secondary N) is 2. The number of esters is 1. The van der Waals surface area contributed by atoms with Gasteiger partial charge in [-0.25, -0.2) is 0 Å². The molecule has 1 amide bonds. The first-order chi connectivity index (χ1) is 8.24. The van der Waals surface area contributed by atoms with Gasteiger partial charge >= 0.3 is 5.97 Å². The van der Waals surface area contributed by atoms with Crippen LogP contribution in [0.5, 0.6) is 0 Å². The number of carbonyl (C=O) groups is 2. The number of hydrogen-bond donors (Lipinski definition) is 2. The Hall–Kier alpha value is -0.810. The van der Waals surface area contributed by atoms with Gasteiger partial charge in [-0.05, 0) is 25.8 Å². The lowest BCUT2D eigenvalue weighted by molar-refractivity contribution is -0.140. The second-order valence-electron chi connectivity index (χ2n) is 4.37. The first-order valence-electron chi connectivity index (χ1n) is 6.29. The third-order valence-electron chi connectivity index (χ3n) is 3.02. The van der Waals surface area contributed by atoms with Gasteiger partial charge in [0.1, 0.15) is 0 Å². The molecule has 0 aromatic carbocycles. The summed E-state index contributed by atoms with van der Waals surface area (Å²) in [7, 11) is 1.40. The van der Waals surface area contributed by atoms with Crippen LogP contribution in [0.4, 0.5) is 0 Å². The van der Waals surface area contributed by atoms with Crippen LogP contribution in [0.25, 0.3) is 0 Å². The van der Waals surface area contributed by atoms with Gasteiger partial charge in [0, 0.05) is 19.5 Å². The average molecular weight is 279 g/mol. The number of methoxy groups -OCH3 is 1. The minimum atomic E-state index is -0.161. The van der Waals surface area contributed by atoms with E-state index in [-0.39, 0.29) is 30.2 Å². The van der Waals surface area contributed by atoms with Gasteiger partial charge in [0.05, 0.1) is 13.0 Å². The van der Waals surface area contributed by atoms with Crippen molar-refractivity contribution >= 4 is 24.3 Å². The maximum absolute atomic E-state index is 11.6. The van der Waals surface area contributed by atoms with Crippen LogP contribution >= 0.6 is 12.4 Å². The Morgan fingerprint density at radius 1 is 1.33 bits per heavy atom. The van der Waals surface area contributed by atoms with Crippen molar-refractivity contribution in [1.29, 1.82) is 0 Å². The van der Waals surface area contributed by atoms with Gasteiger partial charge < -0.3 is 15.4 Å². The summed E-state index contributed by atoms with van der Waals surface area (Å²) in [5.41, 5.74) is 0. The number of halogens is 1. The first kappa shape index (κ1) is 17.2. The van der Waals surface area contributed by atoms with E-state index in [1.54, 1.807) is 0 Å². The van der Waals surface area contributed by atoms with Crippen molar-refractivity contribution in [2.45, 2.75) is 32.1 Å². The van der Waals surface area contributed by atoms with Crippen LogP contribution in [0.3, 0.4) is 0 Å². The van der Waals surface area contributed by atoms with E-state index >= 15 is 0 Å². The lowest BCUT2D eigenvalue weighted by Gasteiger charge is -2.09. The summed E-state index contributed by atoms with van der Waals surface area (Å²) in [6, 6.07) is 0. The van der Waals surface area contributed by atoms with Crippen LogP contribution < -0.4 is 10.6 Å². The predicted molar refractivity (Wildman–Crippen MR) is 71.7 cm³/mol. The predicted octanol–water partition coefficient (Wildman–Crippen LogP) is 0.867. The largest absolute Gasteiger partial charge is 0.469 e. The lowest BCUT2D eigenvalue weighted by Crippen LogP contribution is -2.32. The molecule has 18 heavy (non-hydrogen) atoms. The third-order valence-corrected chi connectivity index (χ3v) is 3.02. The van der Waals surface area contributed by atoms with Crippen molar-refractivity contribution < 1.29 is 14.3 Å². The molecule has 1 fully saturated rings. The fourth-order valence-corrected chi connectivity index (χ4v) is 1.91. The molecule has 1 unspecified atom stereocenters. The fourth-order valence-electron chi connectivity index (χ4n) is 1.91. The van der Waals surface area contributed by atoms with E-state index in [0.717, 1.165) is 38.8 Å². The molecule has 0 bridgehead atoms. The summed E-state index contributed by atoms with van der Waals surface area (Å²) in [6.07, 6.45) is 4.10. The van der Waals surface area contributed by atoms with Crippen LogP contribution in [-0.2, 0) is 14.3 Å². The molecule has 1 rings (SSSR count). The molecule has 0 aliphatic carbocycles. The Morgan fingerprint density at radius 3 is 2.72 bits per heavy atom. The van der Waals surface area contributed by atoms with Crippen LogP contribution in [0.1, 0.15) is 32.1 Å². The van der Waals surface area contributed by atoms with E-state index < -0.39 is 0 Å². The fraction of sp³-hybridized carbons (Fsp3) is 0.833. The Bertz CT molecular complexity index is 256. The minimum Gasteiger partial charge on any atom is -0.469 e. The lowest BCUT2D eigenvalue weighted by atomic mass is 10.1. The normalized spacial score (nSPS) is 17.9. The monoisotopic (exact) mass is 278 g/mol. The zero-order valence-electron chi connectivity index (χ0n) is 10.9. The van der Waals surface area contributed by atoms with Gasteiger partial charge in [-0.2, -0.15) is 0 Å². The van der Waals surface area contributed by atoms with Crippen molar-refractivity contribution in [3.05, 3.63) is 0 Å². The van der Waals surface area contributed by atoms with Crippen LogP contribution in [-0.4, -0.2) is 38.6 Å². The van der Waals surface area contributed by atoms with Gasteiger partial charge in [-0.3, -0.25) is 9.59 Å². The average Bonchev–Trinajstić information content (AvgIpc) is 2.86. The number of hydrogen-bond acceptors (Lipinski definition) is 4. The molecule has 0 aromatic rings. The molecule has 1 atom stereocenters. The second-order valence-corrected chi connectivity index (χ2v) is 4.37. The van der Waals surface area contributed by atoms with Crippen molar-refractivity contribution in [2.75, 3.05) is 26.7 Å². The summed E-state index contributed by atoms with van der Waals surface area (Å²) in [5.74, 6) is 0.138. The molecule has 1 saturated heterocycles. The Balaban J connectivity index is 0.00000289. The highest BCUT2D eigenvalue weighted by atomic mass is 35.5. The van der Waals surface area contributed by atoms with Gasteiger partial charge in [0.25, 0.3) is 0 Å². The minimum absolute atomic E-state index is 0. The third kappa shape index (κ3) is 6.81.